The molecule has 0 atom stereocenters. The number of amidine groups is 1. The van der Waals surface area contributed by atoms with Crippen LogP contribution in [0.5, 0.6) is 11.5 Å². The van der Waals surface area contributed by atoms with Gasteiger partial charge in [-0.1, -0.05) is 18.2 Å². The first kappa shape index (κ1) is 20.3. The van der Waals surface area contributed by atoms with Crippen LogP contribution in [0.15, 0.2) is 71.9 Å². The molecule has 4 rings (SSSR count). The second kappa shape index (κ2) is 9.26. The molecule has 1 amide bonds. The fraction of sp³-hybridized carbons (Fsp3) is 0.160. The van der Waals surface area contributed by atoms with Crippen LogP contribution < -0.4 is 15.4 Å². The Morgan fingerprint density at radius 3 is 2.65 bits per heavy atom. The van der Waals surface area contributed by atoms with Crippen LogP contribution in [-0.2, 0) is 4.79 Å². The molecule has 0 spiro atoms. The van der Waals surface area contributed by atoms with Gasteiger partial charge in [0.25, 0.3) is 0 Å². The van der Waals surface area contributed by atoms with Crippen molar-refractivity contribution in [2.45, 2.75) is 13.8 Å². The van der Waals surface area contributed by atoms with Gasteiger partial charge in [-0.3, -0.25) is 14.8 Å². The number of nitrogens with one attached hydrogen (secondary N) is 2. The van der Waals surface area contributed by atoms with E-state index in [9.17, 15) is 4.79 Å². The van der Waals surface area contributed by atoms with Gasteiger partial charge in [0.2, 0.25) is 5.91 Å². The maximum atomic E-state index is 12.3. The topological polar surface area (TPSA) is 75.6 Å². The van der Waals surface area contributed by atoms with E-state index in [1.54, 1.807) is 18.3 Å². The number of anilines is 1. The second-order valence-corrected chi connectivity index (χ2v) is 7.41. The molecule has 0 aliphatic carbocycles. The maximum Gasteiger partial charge on any atom is 0.248 e. The van der Waals surface area contributed by atoms with Gasteiger partial charge in [-0.2, -0.15) is 0 Å². The Labute approximate surface area is 181 Å². The number of carbonyl (C=O) groups excluding carboxylic acids is 1. The number of aliphatic imine (C=N–C) groups is 1. The first-order valence-electron chi connectivity index (χ1n) is 10.2. The summed E-state index contributed by atoms with van der Waals surface area (Å²) in [6.45, 7) is 5.60. The normalized spacial score (nSPS) is 13.0. The minimum Gasteiger partial charge on any atom is -0.457 e. The van der Waals surface area contributed by atoms with E-state index in [4.69, 9.17) is 4.74 Å². The lowest BCUT2D eigenvalue weighted by Crippen LogP contribution is -2.20. The molecule has 1 aliphatic rings. The number of carbonyl (C=O) groups is 1. The van der Waals surface area contributed by atoms with Crippen molar-refractivity contribution in [3.8, 4) is 11.5 Å². The highest BCUT2D eigenvalue weighted by Gasteiger charge is 2.10. The van der Waals surface area contributed by atoms with Crippen molar-refractivity contribution in [3.05, 3.63) is 89.3 Å². The standard InChI is InChI=1S/C25H24N4O2/c1-17-12-18(2)14-20(13-17)29-24(30)7-6-19-4-3-5-21(15-19)31-22-8-9-26-23(16-22)25-27-10-11-28-25/h3-9,12-16H,10-11H2,1-2H3,(H,27,28)(H,29,30)/b7-6+. The molecule has 0 radical (unpaired) electrons. The summed E-state index contributed by atoms with van der Waals surface area (Å²) >= 11 is 0. The van der Waals surface area contributed by atoms with Crippen molar-refractivity contribution in [3.63, 3.8) is 0 Å². The Morgan fingerprint density at radius 2 is 1.87 bits per heavy atom. The van der Waals surface area contributed by atoms with E-state index in [2.05, 4.69) is 26.7 Å². The van der Waals surface area contributed by atoms with E-state index < -0.39 is 0 Å². The van der Waals surface area contributed by atoms with Crippen molar-refractivity contribution < 1.29 is 9.53 Å². The Balaban J connectivity index is 1.42. The molecule has 1 aliphatic heterocycles. The van der Waals surface area contributed by atoms with Crippen LogP contribution in [0, 0.1) is 13.8 Å². The predicted octanol–water partition coefficient (Wildman–Crippen LogP) is 4.49. The smallest absolute Gasteiger partial charge is 0.248 e. The number of hydrogen-bond acceptors (Lipinski definition) is 5. The molecule has 1 aromatic heterocycles. The third-order valence-electron chi connectivity index (χ3n) is 4.66. The van der Waals surface area contributed by atoms with E-state index in [1.807, 2.05) is 56.3 Å². The fourth-order valence-electron chi connectivity index (χ4n) is 3.39. The number of nitrogens with zero attached hydrogens (tertiary/aromatic N) is 2. The SMILES string of the molecule is Cc1cc(C)cc(NC(=O)/C=C/c2cccc(Oc3ccnc(C4=NCCN4)c3)c2)c1. The second-order valence-electron chi connectivity index (χ2n) is 7.41. The largest absolute Gasteiger partial charge is 0.457 e. The Hall–Kier alpha value is -3.93. The van der Waals surface area contributed by atoms with Gasteiger partial charge in [-0.25, -0.2) is 0 Å². The first-order chi connectivity index (χ1) is 15.0. The quantitative estimate of drug-likeness (QED) is 0.585. The van der Waals surface area contributed by atoms with Crippen LogP contribution in [-0.4, -0.2) is 29.8 Å². The van der Waals surface area contributed by atoms with Crippen molar-refractivity contribution >= 4 is 23.5 Å². The molecule has 6 nitrogen and oxygen atoms in total. The Kier molecular flexibility index (Phi) is 6.08. The number of amides is 1. The van der Waals surface area contributed by atoms with Crippen molar-refractivity contribution in [2.75, 3.05) is 18.4 Å². The molecule has 2 N–H and O–H groups in total. The highest BCUT2D eigenvalue weighted by atomic mass is 16.5. The molecule has 0 saturated carbocycles. The van der Waals surface area contributed by atoms with Crippen LogP contribution >= 0.6 is 0 Å². The summed E-state index contributed by atoms with van der Waals surface area (Å²) in [4.78, 5) is 21.0. The number of pyridine rings is 1. The highest BCUT2D eigenvalue weighted by Crippen LogP contribution is 2.23. The summed E-state index contributed by atoms with van der Waals surface area (Å²) in [5.41, 5.74) is 4.63. The van der Waals surface area contributed by atoms with Crippen LogP contribution in [0.25, 0.3) is 6.08 Å². The molecule has 0 bridgehead atoms. The van der Waals surface area contributed by atoms with Gasteiger partial charge in [0.15, 0.2) is 0 Å². The van der Waals surface area contributed by atoms with Gasteiger partial charge in [0.05, 0.1) is 6.54 Å². The van der Waals surface area contributed by atoms with Crippen LogP contribution in [0.4, 0.5) is 5.69 Å². The van der Waals surface area contributed by atoms with Crippen LogP contribution in [0.1, 0.15) is 22.4 Å². The van der Waals surface area contributed by atoms with Crippen LogP contribution in [0.3, 0.4) is 0 Å². The summed E-state index contributed by atoms with van der Waals surface area (Å²) < 4.78 is 5.99. The van der Waals surface area contributed by atoms with E-state index >= 15 is 0 Å². The van der Waals surface area contributed by atoms with Gasteiger partial charge in [-0.15, -0.1) is 0 Å². The lowest BCUT2D eigenvalue weighted by molar-refractivity contribution is -0.111. The monoisotopic (exact) mass is 412 g/mol. The lowest BCUT2D eigenvalue weighted by atomic mass is 10.1. The van der Waals surface area contributed by atoms with Crippen molar-refractivity contribution in [1.82, 2.24) is 10.3 Å². The molecule has 0 unspecified atom stereocenters. The van der Waals surface area contributed by atoms with E-state index in [-0.39, 0.29) is 5.91 Å². The Morgan fingerprint density at radius 1 is 1.06 bits per heavy atom. The third-order valence-corrected chi connectivity index (χ3v) is 4.66. The van der Waals surface area contributed by atoms with E-state index in [0.29, 0.717) is 11.5 Å². The van der Waals surface area contributed by atoms with Crippen molar-refractivity contribution in [1.29, 1.82) is 0 Å². The molecule has 2 heterocycles. The zero-order valence-corrected chi connectivity index (χ0v) is 17.6. The number of benzene rings is 2. The zero-order valence-electron chi connectivity index (χ0n) is 17.6. The summed E-state index contributed by atoms with van der Waals surface area (Å²) in [6.07, 6.45) is 4.99. The molecular weight excluding hydrogens is 388 g/mol. The molecule has 3 aromatic rings. The van der Waals surface area contributed by atoms with Gasteiger partial charge in [0, 0.05) is 30.6 Å². The summed E-state index contributed by atoms with van der Waals surface area (Å²) in [6, 6.07) is 17.2. The van der Waals surface area contributed by atoms with Gasteiger partial charge in [-0.05, 0) is 66.9 Å². The van der Waals surface area contributed by atoms with Crippen molar-refractivity contribution in [2.24, 2.45) is 4.99 Å². The third kappa shape index (κ3) is 5.57. The predicted molar refractivity (Wildman–Crippen MR) is 124 cm³/mol. The summed E-state index contributed by atoms with van der Waals surface area (Å²) in [5, 5.41) is 6.11. The summed E-state index contributed by atoms with van der Waals surface area (Å²) in [7, 11) is 0. The minimum atomic E-state index is -0.181. The average Bonchev–Trinajstić information content (AvgIpc) is 3.27. The molecule has 0 fully saturated rings. The van der Waals surface area contributed by atoms with E-state index in [0.717, 1.165) is 47.0 Å². The summed E-state index contributed by atoms with van der Waals surface area (Å²) in [5.74, 6) is 1.96. The van der Waals surface area contributed by atoms with Gasteiger partial charge in [0.1, 0.15) is 23.0 Å². The van der Waals surface area contributed by atoms with Crippen LogP contribution in [0.2, 0.25) is 0 Å². The fourth-order valence-corrected chi connectivity index (χ4v) is 3.39. The number of aromatic nitrogens is 1. The maximum absolute atomic E-state index is 12.3. The number of hydrogen-bond donors (Lipinski definition) is 2. The lowest BCUT2D eigenvalue weighted by Gasteiger charge is -2.08. The molecule has 2 aromatic carbocycles. The molecule has 31 heavy (non-hydrogen) atoms. The van der Waals surface area contributed by atoms with Gasteiger partial charge < -0.3 is 15.4 Å². The molecular formula is C25H24N4O2. The number of rotatable bonds is 6. The number of aryl methyl sites for hydroxylation is 2. The van der Waals surface area contributed by atoms with E-state index in [1.165, 1.54) is 6.08 Å². The molecule has 6 heteroatoms. The Bertz CT molecular complexity index is 1150. The molecule has 156 valence electrons. The highest BCUT2D eigenvalue weighted by molar-refractivity contribution is 6.02. The average molecular weight is 412 g/mol. The van der Waals surface area contributed by atoms with Gasteiger partial charge >= 0.3 is 0 Å². The zero-order chi connectivity index (χ0) is 21.6. The molecule has 0 saturated heterocycles. The number of ether oxygens (including phenoxy) is 1. The first-order valence-corrected chi connectivity index (χ1v) is 10.2. The minimum absolute atomic E-state index is 0.181.